The molecule has 3 atom stereocenters. The van der Waals surface area contributed by atoms with Crippen LogP contribution in [0.5, 0.6) is 11.8 Å². The quantitative estimate of drug-likeness (QED) is 0.458. The van der Waals surface area contributed by atoms with Gasteiger partial charge in [0.25, 0.3) is 0 Å². The fourth-order valence-electron chi connectivity index (χ4n) is 6.27. The summed E-state index contributed by atoms with van der Waals surface area (Å²) in [5.74, 6) is 1.20. The largest absolute Gasteiger partial charge is 0.508 e. The van der Waals surface area contributed by atoms with Crippen LogP contribution < -0.4 is 9.64 Å². The molecule has 1 aromatic heterocycles. The first-order valence-electron chi connectivity index (χ1n) is 14.1. The summed E-state index contributed by atoms with van der Waals surface area (Å²) in [6.07, 6.45) is 3.36. The van der Waals surface area contributed by atoms with Crippen LogP contribution in [-0.2, 0) is 22.4 Å². The van der Waals surface area contributed by atoms with Crippen LogP contribution in [0.4, 0.5) is 10.6 Å². The van der Waals surface area contributed by atoms with Crippen molar-refractivity contribution in [1.82, 2.24) is 19.8 Å². The van der Waals surface area contributed by atoms with Crippen LogP contribution in [0, 0.1) is 0 Å². The third-order valence-corrected chi connectivity index (χ3v) is 8.58. The Kier molecular flexibility index (Phi) is 7.15. The van der Waals surface area contributed by atoms with E-state index in [2.05, 4.69) is 24.5 Å². The maximum Gasteiger partial charge on any atom is 0.410 e. The number of cyclic esters (lactones) is 1. The summed E-state index contributed by atoms with van der Waals surface area (Å²) in [5.41, 5.74) is 3.14. The minimum atomic E-state index is -0.368. The maximum absolute atomic E-state index is 12.3. The number of likely N-dealkylation sites (N-methyl/N-ethyl adjacent to an activating group) is 1. The van der Waals surface area contributed by atoms with Gasteiger partial charge >= 0.3 is 12.1 Å². The highest BCUT2D eigenvalue weighted by Crippen LogP contribution is 2.40. The fraction of sp³-hybridized carbons (Fsp3) is 0.419. The molecule has 0 bridgehead atoms. The number of rotatable bonds is 6. The van der Waals surface area contributed by atoms with E-state index in [-0.39, 0.29) is 55.0 Å². The van der Waals surface area contributed by atoms with Gasteiger partial charge in [0.2, 0.25) is 5.91 Å². The average molecular weight is 558 g/mol. The van der Waals surface area contributed by atoms with E-state index in [1.54, 1.807) is 13.1 Å². The van der Waals surface area contributed by atoms with Crippen LogP contribution in [0.25, 0.3) is 10.8 Å². The normalized spacial score (nSPS) is 22.4. The lowest BCUT2D eigenvalue weighted by Crippen LogP contribution is -2.54. The molecule has 10 nitrogen and oxygen atoms in total. The molecule has 0 spiro atoms. The van der Waals surface area contributed by atoms with Gasteiger partial charge in [0, 0.05) is 38.3 Å². The highest BCUT2D eigenvalue weighted by atomic mass is 16.6. The minimum Gasteiger partial charge on any atom is -0.508 e. The summed E-state index contributed by atoms with van der Waals surface area (Å²) in [7, 11) is 1.69. The number of piperazine rings is 1. The standard InChI is InChI=1S/C31H35N5O5/c1-4-28(38)35-11-12-36(19(2)16-35)29-25-10-9-21(26-15-23(37)13-20-7-5-6-8-24(20)26)14-27(25)32-30(33-29)40-17-22-18-41-31(39)34(22)3/h4-8,13,15,19,21-22,37H,1,9-12,14,16-18H2,2-3H3/t19-,21+,22+/m0/s1. The van der Waals surface area contributed by atoms with E-state index in [0.29, 0.717) is 26.1 Å². The Bertz CT molecular complexity index is 1510. The predicted octanol–water partition coefficient (Wildman–Crippen LogP) is 3.66. The number of phenols is 1. The zero-order valence-electron chi connectivity index (χ0n) is 23.5. The number of amides is 2. The summed E-state index contributed by atoms with van der Waals surface area (Å²) >= 11 is 0. The summed E-state index contributed by atoms with van der Waals surface area (Å²) in [6.45, 7) is 8.00. The van der Waals surface area contributed by atoms with Crippen LogP contribution in [-0.4, -0.2) is 88.9 Å². The van der Waals surface area contributed by atoms with Crippen LogP contribution in [0.3, 0.4) is 0 Å². The van der Waals surface area contributed by atoms with E-state index in [9.17, 15) is 14.7 Å². The summed E-state index contributed by atoms with van der Waals surface area (Å²) < 4.78 is 11.2. The number of phenolic OH excluding ortho intramolecular Hbond substituents is 1. The number of aromatic nitrogens is 2. The number of aromatic hydroxyl groups is 1. The van der Waals surface area contributed by atoms with Crippen molar-refractivity contribution >= 4 is 28.6 Å². The lowest BCUT2D eigenvalue weighted by Gasteiger charge is -2.41. The molecule has 2 fully saturated rings. The molecule has 3 heterocycles. The smallest absolute Gasteiger partial charge is 0.410 e. The second-order valence-electron chi connectivity index (χ2n) is 11.1. The number of ether oxygens (including phenoxy) is 2. The molecule has 2 aromatic carbocycles. The van der Waals surface area contributed by atoms with Gasteiger partial charge in [-0.15, -0.1) is 0 Å². The van der Waals surface area contributed by atoms with E-state index in [0.717, 1.165) is 46.3 Å². The third-order valence-electron chi connectivity index (χ3n) is 8.58. The number of hydrogen-bond acceptors (Lipinski definition) is 8. The monoisotopic (exact) mass is 557 g/mol. The molecule has 2 saturated heterocycles. The first-order valence-corrected chi connectivity index (χ1v) is 14.1. The molecule has 3 aromatic rings. The molecule has 6 rings (SSSR count). The van der Waals surface area contributed by atoms with Gasteiger partial charge in [-0.05, 0) is 66.6 Å². The number of nitrogens with zero attached hydrogens (tertiary/aromatic N) is 5. The molecule has 0 saturated carbocycles. The molecule has 1 aliphatic carbocycles. The lowest BCUT2D eigenvalue weighted by molar-refractivity contribution is -0.126. The van der Waals surface area contributed by atoms with Crippen molar-refractivity contribution in [3.63, 3.8) is 0 Å². The number of anilines is 1. The molecule has 41 heavy (non-hydrogen) atoms. The molecule has 214 valence electrons. The van der Waals surface area contributed by atoms with Crippen molar-refractivity contribution in [1.29, 1.82) is 0 Å². The van der Waals surface area contributed by atoms with Gasteiger partial charge < -0.3 is 29.3 Å². The Morgan fingerprint density at radius 3 is 2.83 bits per heavy atom. The van der Waals surface area contributed by atoms with Crippen molar-refractivity contribution in [3.8, 4) is 11.8 Å². The third kappa shape index (κ3) is 5.14. The van der Waals surface area contributed by atoms with Gasteiger partial charge in [-0.1, -0.05) is 30.8 Å². The zero-order valence-corrected chi connectivity index (χ0v) is 23.5. The van der Waals surface area contributed by atoms with Crippen LogP contribution >= 0.6 is 0 Å². The summed E-state index contributed by atoms with van der Waals surface area (Å²) in [6, 6.07) is 11.9. The van der Waals surface area contributed by atoms with Gasteiger partial charge in [0.15, 0.2) is 0 Å². The Morgan fingerprint density at radius 1 is 1.24 bits per heavy atom. The fourth-order valence-corrected chi connectivity index (χ4v) is 6.27. The van der Waals surface area contributed by atoms with Crippen molar-refractivity contribution in [3.05, 3.63) is 65.9 Å². The molecule has 3 aliphatic rings. The number of fused-ring (bicyclic) bond motifs is 2. The maximum atomic E-state index is 12.3. The first-order chi connectivity index (χ1) is 19.8. The van der Waals surface area contributed by atoms with Crippen molar-refractivity contribution in [2.45, 2.75) is 44.2 Å². The van der Waals surface area contributed by atoms with Crippen molar-refractivity contribution in [2.24, 2.45) is 0 Å². The van der Waals surface area contributed by atoms with Gasteiger partial charge in [0.05, 0.1) is 5.69 Å². The van der Waals surface area contributed by atoms with Crippen molar-refractivity contribution < 1.29 is 24.2 Å². The van der Waals surface area contributed by atoms with Gasteiger partial charge in [-0.3, -0.25) is 4.79 Å². The van der Waals surface area contributed by atoms with E-state index in [4.69, 9.17) is 19.4 Å². The van der Waals surface area contributed by atoms with E-state index in [1.165, 1.54) is 11.0 Å². The van der Waals surface area contributed by atoms with Crippen LogP contribution in [0.1, 0.15) is 36.1 Å². The molecule has 10 heteroatoms. The highest BCUT2D eigenvalue weighted by Gasteiger charge is 2.34. The highest BCUT2D eigenvalue weighted by molar-refractivity contribution is 5.88. The molecule has 0 unspecified atom stereocenters. The number of hydrogen-bond donors (Lipinski definition) is 1. The second kappa shape index (κ2) is 10.9. The topological polar surface area (TPSA) is 108 Å². The second-order valence-corrected chi connectivity index (χ2v) is 11.1. The van der Waals surface area contributed by atoms with E-state index in [1.807, 2.05) is 29.2 Å². The molecule has 0 radical (unpaired) electrons. The minimum absolute atomic E-state index is 0.0409. The van der Waals surface area contributed by atoms with Gasteiger partial charge in [0.1, 0.15) is 30.8 Å². The molecular weight excluding hydrogens is 522 g/mol. The van der Waals surface area contributed by atoms with Crippen molar-refractivity contribution in [2.75, 3.05) is 44.8 Å². The SMILES string of the molecule is C=CC(=O)N1CCN(c2nc(OC[C@@H]3COC(=O)N3C)nc3c2CC[C@@H](c2cc(O)cc4ccccc24)C3)[C@@H](C)C1. The Balaban J connectivity index is 1.33. The molecule has 2 amide bonds. The lowest BCUT2D eigenvalue weighted by atomic mass is 9.80. The number of carbonyl (C=O) groups is 2. The predicted molar refractivity (Wildman–Crippen MR) is 154 cm³/mol. The average Bonchev–Trinajstić information content (AvgIpc) is 3.30. The Hall–Kier alpha value is -4.34. The van der Waals surface area contributed by atoms with Gasteiger partial charge in [-0.25, -0.2) is 4.79 Å². The molecule has 2 aliphatic heterocycles. The first kappa shape index (κ1) is 26.9. The van der Waals surface area contributed by atoms with Crippen LogP contribution in [0.15, 0.2) is 49.1 Å². The Labute approximate surface area is 239 Å². The van der Waals surface area contributed by atoms with E-state index >= 15 is 0 Å². The molecule has 1 N–H and O–H groups in total. The van der Waals surface area contributed by atoms with Crippen LogP contribution in [0.2, 0.25) is 0 Å². The Morgan fingerprint density at radius 2 is 2.07 bits per heavy atom. The van der Waals surface area contributed by atoms with E-state index < -0.39 is 0 Å². The number of carbonyl (C=O) groups excluding carboxylic acids is 2. The summed E-state index contributed by atoms with van der Waals surface area (Å²) in [5, 5.41) is 12.6. The zero-order chi connectivity index (χ0) is 28.7. The number of benzene rings is 2. The van der Waals surface area contributed by atoms with Gasteiger partial charge in [-0.2, -0.15) is 9.97 Å². The molecular formula is C31H35N5O5. The summed E-state index contributed by atoms with van der Waals surface area (Å²) in [4.78, 5) is 39.5.